The molecule has 0 spiro atoms. The molecule has 0 radical (unpaired) electrons. The maximum atomic E-state index is 12.1. The normalized spacial score (nSPS) is 10.8. The highest BCUT2D eigenvalue weighted by Gasteiger charge is 2.14. The van der Waals surface area contributed by atoms with E-state index in [1.807, 2.05) is 6.07 Å². The molecule has 0 amide bonds. The topological polar surface area (TPSA) is 82.8 Å². The molecule has 0 fully saturated rings. The summed E-state index contributed by atoms with van der Waals surface area (Å²) in [6.07, 6.45) is 1.68. The fraction of sp³-hybridized carbons (Fsp3) is 0.0769. The van der Waals surface area contributed by atoms with Crippen molar-refractivity contribution in [1.82, 2.24) is 4.98 Å². The van der Waals surface area contributed by atoms with E-state index in [0.717, 1.165) is 5.56 Å². The van der Waals surface area contributed by atoms with Crippen molar-refractivity contribution in [2.45, 2.75) is 11.3 Å². The summed E-state index contributed by atoms with van der Waals surface area (Å²) in [4.78, 5) is 4.09. The van der Waals surface area contributed by atoms with Crippen LogP contribution in [0.15, 0.2) is 52.1 Å². The minimum absolute atomic E-state index is 0.141. The Kier molecular flexibility index (Phi) is 4.37. The summed E-state index contributed by atoms with van der Waals surface area (Å²) in [7, 11) is -3.65. The van der Waals surface area contributed by atoms with Gasteiger partial charge in [-0.05, 0) is 45.8 Å². The molecule has 0 unspecified atom stereocenters. The van der Waals surface area contributed by atoms with Crippen molar-refractivity contribution < 1.29 is 8.42 Å². The molecule has 1 aromatic carbocycles. The van der Waals surface area contributed by atoms with Crippen molar-refractivity contribution in [3.05, 3.63) is 52.8 Å². The van der Waals surface area contributed by atoms with Crippen LogP contribution in [0.5, 0.6) is 0 Å². The fourth-order valence-electron chi connectivity index (χ4n) is 1.53. The van der Waals surface area contributed by atoms with Crippen LogP contribution < -0.4 is 4.72 Å². The standard InChI is InChI=1S/C13H10BrN3O2S/c14-13-6-3-11(9-16-13)17-20(18,19)12-4-1-10(2-5-12)7-8-15/h1-6,9,17H,7H2. The highest BCUT2D eigenvalue weighted by Crippen LogP contribution is 2.17. The number of sulfonamides is 1. The van der Waals surface area contributed by atoms with E-state index in [9.17, 15) is 8.42 Å². The number of benzene rings is 1. The van der Waals surface area contributed by atoms with Crippen LogP contribution in [-0.4, -0.2) is 13.4 Å². The number of nitrogens with one attached hydrogen (secondary N) is 1. The van der Waals surface area contributed by atoms with Gasteiger partial charge >= 0.3 is 0 Å². The van der Waals surface area contributed by atoms with E-state index in [-0.39, 0.29) is 11.3 Å². The highest BCUT2D eigenvalue weighted by atomic mass is 79.9. The maximum absolute atomic E-state index is 12.1. The van der Waals surface area contributed by atoms with E-state index in [4.69, 9.17) is 5.26 Å². The molecule has 0 saturated heterocycles. The van der Waals surface area contributed by atoms with Gasteiger partial charge < -0.3 is 0 Å². The van der Waals surface area contributed by atoms with Crippen molar-refractivity contribution >= 4 is 31.6 Å². The summed E-state index contributed by atoms with van der Waals surface area (Å²) in [5.74, 6) is 0. The number of nitrogens with zero attached hydrogens (tertiary/aromatic N) is 2. The van der Waals surface area contributed by atoms with E-state index >= 15 is 0 Å². The van der Waals surface area contributed by atoms with Crippen LogP contribution in [0.3, 0.4) is 0 Å². The minimum atomic E-state index is -3.65. The second-order valence-electron chi connectivity index (χ2n) is 3.95. The Morgan fingerprint density at radius 2 is 1.90 bits per heavy atom. The van der Waals surface area contributed by atoms with Crippen LogP contribution in [-0.2, 0) is 16.4 Å². The van der Waals surface area contributed by atoms with Gasteiger partial charge in [-0.2, -0.15) is 5.26 Å². The number of aromatic nitrogens is 1. The first-order chi connectivity index (χ1) is 9.51. The van der Waals surface area contributed by atoms with Crippen LogP contribution in [0.4, 0.5) is 5.69 Å². The first kappa shape index (κ1) is 14.5. The summed E-state index contributed by atoms with van der Waals surface area (Å²) in [6, 6.07) is 11.5. The molecule has 0 aliphatic carbocycles. The number of nitriles is 1. The van der Waals surface area contributed by atoms with Gasteiger partial charge in [0.25, 0.3) is 10.0 Å². The Bertz CT molecular complexity index is 735. The SMILES string of the molecule is N#CCc1ccc(S(=O)(=O)Nc2ccc(Br)nc2)cc1. The summed E-state index contributed by atoms with van der Waals surface area (Å²) < 4.78 is 27.3. The van der Waals surface area contributed by atoms with Crippen molar-refractivity contribution in [2.24, 2.45) is 0 Å². The first-order valence-electron chi connectivity index (χ1n) is 5.61. The third-order valence-corrected chi connectivity index (χ3v) is 4.36. The highest BCUT2D eigenvalue weighted by molar-refractivity contribution is 9.10. The van der Waals surface area contributed by atoms with Gasteiger partial charge in [-0.1, -0.05) is 12.1 Å². The van der Waals surface area contributed by atoms with Crippen LogP contribution in [0.2, 0.25) is 0 Å². The Morgan fingerprint density at radius 1 is 1.20 bits per heavy atom. The number of hydrogen-bond acceptors (Lipinski definition) is 4. The molecule has 0 aliphatic heterocycles. The minimum Gasteiger partial charge on any atom is -0.278 e. The van der Waals surface area contributed by atoms with Gasteiger partial charge in [0.1, 0.15) is 4.60 Å². The van der Waals surface area contributed by atoms with E-state index in [1.54, 1.807) is 24.3 Å². The Hall–Kier alpha value is -1.91. The molecule has 102 valence electrons. The summed E-state index contributed by atoms with van der Waals surface area (Å²) in [5, 5.41) is 8.57. The second kappa shape index (κ2) is 6.03. The molecule has 2 aromatic rings. The molecule has 7 heteroatoms. The summed E-state index contributed by atoms with van der Waals surface area (Å²) in [5.41, 5.74) is 1.16. The third kappa shape index (κ3) is 3.56. The Labute approximate surface area is 125 Å². The second-order valence-corrected chi connectivity index (χ2v) is 6.45. The van der Waals surface area contributed by atoms with Gasteiger partial charge in [0.15, 0.2) is 0 Å². The lowest BCUT2D eigenvalue weighted by atomic mass is 10.2. The molecule has 20 heavy (non-hydrogen) atoms. The largest absolute Gasteiger partial charge is 0.278 e. The molecule has 1 aromatic heterocycles. The van der Waals surface area contributed by atoms with E-state index in [1.165, 1.54) is 18.3 Å². The van der Waals surface area contributed by atoms with Crippen molar-refractivity contribution in [3.63, 3.8) is 0 Å². The van der Waals surface area contributed by atoms with E-state index in [0.29, 0.717) is 10.3 Å². The Morgan fingerprint density at radius 3 is 2.45 bits per heavy atom. The van der Waals surface area contributed by atoms with E-state index < -0.39 is 10.0 Å². The average molecular weight is 352 g/mol. The maximum Gasteiger partial charge on any atom is 0.261 e. The fourth-order valence-corrected chi connectivity index (χ4v) is 2.81. The van der Waals surface area contributed by atoms with Crippen LogP contribution >= 0.6 is 15.9 Å². The molecule has 0 saturated carbocycles. The van der Waals surface area contributed by atoms with Crippen LogP contribution in [0, 0.1) is 11.3 Å². The molecule has 0 aliphatic rings. The van der Waals surface area contributed by atoms with Gasteiger partial charge in [-0.25, -0.2) is 13.4 Å². The van der Waals surface area contributed by atoms with Crippen LogP contribution in [0.25, 0.3) is 0 Å². The van der Waals surface area contributed by atoms with E-state index in [2.05, 4.69) is 25.6 Å². The van der Waals surface area contributed by atoms with Gasteiger partial charge in [0.2, 0.25) is 0 Å². The lowest BCUT2D eigenvalue weighted by molar-refractivity contribution is 0.601. The number of halogens is 1. The number of anilines is 1. The monoisotopic (exact) mass is 351 g/mol. The molecule has 0 bridgehead atoms. The molecular formula is C13H10BrN3O2S. The van der Waals surface area contributed by atoms with Gasteiger partial charge in [-0.15, -0.1) is 0 Å². The third-order valence-electron chi connectivity index (χ3n) is 2.50. The first-order valence-corrected chi connectivity index (χ1v) is 7.89. The lowest BCUT2D eigenvalue weighted by Crippen LogP contribution is -2.13. The predicted octanol–water partition coefficient (Wildman–Crippen LogP) is 2.71. The molecule has 2 rings (SSSR count). The number of rotatable bonds is 4. The average Bonchev–Trinajstić information content (AvgIpc) is 2.42. The van der Waals surface area contributed by atoms with Gasteiger partial charge in [0, 0.05) is 0 Å². The zero-order valence-electron chi connectivity index (χ0n) is 10.2. The molecule has 5 nitrogen and oxygen atoms in total. The molecule has 1 N–H and O–H groups in total. The number of pyridine rings is 1. The number of hydrogen-bond donors (Lipinski definition) is 1. The quantitative estimate of drug-likeness (QED) is 0.858. The molecule has 0 atom stereocenters. The summed E-state index contributed by atoms with van der Waals surface area (Å²) >= 11 is 3.18. The zero-order chi connectivity index (χ0) is 14.6. The van der Waals surface area contributed by atoms with Crippen molar-refractivity contribution in [1.29, 1.82) is 5.26 Å². The Balaban J connectivity index is 2.22. The smallest absolute Gasteiger partial charge is 0.261 e. The van der Waals surface area contributed by atoms with Crippen molar-refractivity contribution in [3.8, 4) is 6.07 Å². The summed E-state index contributed by atoms with van der Waals surface area (Å²) in [6.45, 7) is 0. The lowest BCUT2D eigenvalue weighted by Gasteiger charge is -2.08. The van der Waals surface area contributed by atoms with Crippen molar-refractivity contribution in [2.75, 3.05) is 4.72 Å². The zero-order valence-corrected chi connectivity index (χ0v) is 12.6. The molecular weight excluding hydrogens is 342 g/mol. The predicted molar refractivity (Wildman–Crippen MR) is 78.5 cm³/mol. The van der Waals surface area contributed by atoms with Gasteiger partial charge in [-0.3, -0.25) is 4.72 Å². The van der Waals surface area contributed by atoms with Gasteiger partial charge in [0.05, 0.1) is 29.3 Å². The van der Waals surface area contributed by atoms with Crippen LogP contribution in [0.1, 0.15) is 5.56 Å². The molecule has 1 heterocycles.